The van der Waals surface area contributed by atoms with Gasteiger partial charge in [-0.15, -0.1) is 0 Å². The average molecular weight is 202 g/mol. The highest BCUT2D eigenvalue weighted by molar-refractivity contribution is 5.48. The SMILES string of the molecule is C[N+](C)(CCCO)CCCCCC=O. The second-order valence-corrected chi connectivity index (χ2v) is 4.48. The number of nitrogens with zero attached hydrogens (tertiary/aromatic N) is 1. The fourth-order valence-electron chi connectivity index (χ4n) is 1.55. The van der Waals surface area contributed by atoms with E-state index >= 15 is 0 Å². The fraction of sp³-hybridized carbons (Fsp3) is 0.909. The molecule has 0 atom stereocenters. The molecule has 0 aliphatic carbocycles. The van der Waals surface area contributed by atoms with E-state index in [9.17, 15) is 4.79 Å². The zero-order valence-electron chi connectivity index (χ0n) is 9.54. The van der Waals surface area contributed by atoms with Crippen LogP contribution < -0.4 is 0 Å². The molecule has 0 amide bonds. The Hall–Kier alpha value is -0.410. The second kappa shape index (κ2) is 7.94. The van der Waals surface area contributed by atoms with Crippen molar-refractivity contribution >= 4 is 6.29 Å². The van der Waals surface area contributed by atoms with Crippen molar-refractivity contribution in [3.63, 3.8) is 0 Å². The molecule has 3 nitrogen and oxygen atoms in total. The van der Waals surface area contributed by atoms with Gasteiger partial charge in [-0.05, 0) is 19.3 Å². The lowest BCUT2D eigenvalue weighted by Gasteiger charge is -2.29. The highest BCUT2D eigenvalue weighted by Gasteiger charge is 2.12. The van der Waals surface area contributed by atoms with Crippen molar-refractivity contribution in [3.05, 3.63) is 0 Å². The van der Waals surface area contributed by atoms with E-state index in [0.717, 1.165) is 43.1 Å². The second-order valence-electron chi connectivity index (χ2n) is 4.48. The van der Waals surface area contributed by atoms with E-state index in [1.807, 2.05) is 0 Å². The Balaban J connectivity index is 3.39. The van der Waals surface area contributed by atoms with E-state index < -0.39 is 0 Å². The Labute approximate surface area is 87.3 Å². The van der Waals surface area contributed by atoms with Crippen LogP contribution >= 0.6 is 0 Å². The highest BCUT2D eigenvalue weighted by atomic mass is 16.3. The minimum atomic E-state index is 0.285. The largest absolute Gasteiger partial charge is 0.396 e. The summed E-state index contributed by atoms with van der Waals surface area (Å²) in [4.78, 5) is 10.1. The van der Waals surface area contributed by atoms with Gasteiger partial charge in [0.2, 0.25) is 0 Å². The van der Waals surface area contributed by atoms with Gasteiger partial charge < -0.3 is 14.4 Å². The predicted molar refractivity (Wildman–Crippen MR) is 58.1 cm³/mol. The molecule has 0 heterocycles. The van der Waals surface area contributed by atoms with Gasteiger partial charge in [0.25, 0.3) is 0 Å². The molecule has 0 spiro atoms. The summed E-state index contributed by atoms with van der Waals surface area (Å²) >= 11 is 0. The quantitative estimate of drug-likeness (QED) is 0.346. The average Bonchev–Trinajstić information content (AvgIpc) is 2.15. The number of aliphatic hydroxyl groups excluding tert-OH is 1. The molecule has 0 saturated carbocycles. The summed E-state index contributed by atoms with van der Waals surface area (Å²) in [5.41, 5.74) is 0. The van der Waals surface area contributed by atoms with Crippen molar-refractivity contribution in [3.8, 4) is 0 Å². The van der Waals surface area contributed by atoms with E-state index in [0.29, 0.717) is 6.42 Å². The molecule has 0 aliphatic heterocycles. The minimum absolute atomic E-state index is 0.285. The normalized spacial score (nSPS) is 11.6. The summed E-state index contributed by atoms with van der Waals surface area (Å²) < 4.78 is 0.974. The Morgan fingerprint density at radius 1 is 1.07 bits per heavy atom. The molecular formula is C11H24NO2+. The van der Waals surface area contributed by atoms with Gasteiger partial charge in [0.05, 0.1) is 27.2 Å². The van der Waals surface area contributed by atoms with E-state index in [-0.39, 0.29) is 6.61 Å². The van der Waals surface area contributed by atoms with Crippen LogP contribution in [0.25, 0.3) is 0 Å². The number of carbonyl (C=O) groups is 1. The molecule has 0 aromatic carbocycles. The molecule has 0 bridgehead atoms. The van der Waals surface area contributed by atoms with Crippen LogP contribution in [0.4, 0.5) is 0 Å². The Morgan fingerprint density at radius 3 is 2.29 bits per heavy atom. The topological polar surface area (TPSA) is 37.3 Å². The van der Waals surface area contributed by atoms with Gasteiger partial charge in [-0.25, -0.2) is 0 Å². The lowest BCUT2D eigenvalue weighted by molar-refractivity contribution is -0.890. The van der Waals surface area contributed by atoms with E-state index in [1.54, 1.807) is 0 Å². The number of hydrogen-bond acceptors (Lipinski definition) is 2. The number of aldehydes is 1. The number of hydrogen-bond donors (Lipinski definition) is 1. The Bertz CT molecular complexity index is 146. The minimum Gasteiger partial charge on any atom is -0.396 e. The lowest BCUT2D eigenvalue weighted by Crippen LogP contribution is -2.41. The molecule has 0 rings (SSSR count). The van der Waals surface area contributed by atoms with Crippen molar-refractivity contribution in [1.82, 2.24) is 0 Å². The number of quaternary nitrogens is 1. The number of unbranched alkanes of at least 4 members (excludes halogenated alkanes) is 3. The van der Waals surface area contributed by atoms with Crippen LogP contribution in [-0.2, 0) is 4.79 Å². The summed E-state index contributed by atoms with van der Waals surface area (Å²) in [5, 5.41) is 8.72. The lowest BCUT2D eigenvalue weighted by atomic mass is 10.2. The Kier molecular flexibility index (Phi) is 7.71. The molecule has 0 aromatic rings. The van der Waals surface area contributed by atoms with Gasteiger partial charge in [-0.2, -0.15) is 0 Å². The molecule has 1 N–H and O–H groups in total. The van der Waals surface area contributed by atoms with Gasteiger partial charge in [-0.3, -0.25) is 0 Å². The van der Waals surface area contributed by atoms with Crippen LogP contribution in [0, 0.1) is 0 Å². The van der Waals surface area contributed by atoms with Gasteiger partial charge in [-0.1, -0.05) is 0 Å². The maximum absolute atomic E-state index is 10.1. The first kappa shape index (κ1) is 13.6. The molecule has 3 heteroatoms. The predicted octanol–water partition coefficient (Wildman–Crippen LogP) is 1.20. The molecule has 0 aromatic heterocycles. The third-order valence-electron chi connectivity index (χ3n) is 2.51. The van der Waals surface area contributed by atoms with Crippen molar-refractivity contribution in [2.75, 3.05) is 33.8 Å². The molecule has 0 saturated heterocycles. The standard InChI is InChI=1S/C11H24NO2/c1-12(2,9-7-11-14)8-5-3-4-6-10-13/h10,14H,3-9,11H2,1-2H3/q+1. The van der Waals surface area contributed by atoms with Crippen LogP contribution in [0.2, 0.25) is 0 Å². The molecule has 14 heavy (non-hydrogen) atoms. The van der Waals surface area contributed by atoms with Crippen molar-refractivity contribution in [2.45, 2.75) is 32.1 Å². The summed E-state index contributed by atoms with van der Waals surface area (Å²) in [5.74, 6) is 0. The number of carbonyl (C=O) groups excluding carboxylic acids is 1. The van der Waals surface area contributed by atoms with Crippen LogP contribution in [0.3, 0.4) is 0 Å². The zero-order valence-corrected chi connectivity index (χ0v) is 9.54. The van der Waals surface area contributed by atoms with Crippen molar-refractivity contribution in [1.29, 1.82) is 0 Å². The first-order valence-electron chi connectivity index (χ1n) is 5.49. The highest BCUT2D eigenvalue weighted by Crippen LogP contribution is 2.05. The molecule has 0 unspecified atom stereocenters. The Morgan fingerprint density at radius 2 is 1.71 bits per heavy atom. The third kappa shape index (κ3) is 8.20. The maximum atomic E-state index is 10.1. The van der Waals surface area contributed by atoms with E-state index in [4.69, 9.17) is 5.11 Å². The number of aliphatic hydroxyl groups is 1. The first-order chi connectivity index (χ1) is 6.62. The first-order valence-corrected chi connectivity index (χ1v) is 5.49. The molecular weight excluding hydrogens is 178 g/mol. The monoisotopic (exact) mass is 202 g/mol. The molecule has 0 radical (unpaired) electrons. The van der Waals surface area contributed by atoms with Crippen LogP contribution in [-0.4, -0.2) is 49.7 Å². The van der Waals surface area contributed by atoms with Crippen LogP contribution in [0.1, 0.15) is 32.1 Å². The maximum Gasteiger partial charge on any atom is 0.119 e. The third-order valence-corrected chi connectivity index (χ3v) is 2.51. The molecule has 0 fully saturated rings. The molecule has 0 aliphatic rings. The summed E-state index contributed by atoms with van der Waals surface area (Å²) in [6, 6.07) is 0. The smallest absolute Gasteiger partial charge is 0.119 e. The van der Waals surface area contributed by atoms with E-state index in [2.05, 4.69) is 14.1 Å². The number of rotatable bonds is 9. The van der Waals surface area contributed by atoms with Crippen LogP contribution in [0.15, 0.2) is 0 Å². The fourth-order valence-corrected chi connectivity index (χ4v) is 1.55. The van der Waals surface area contributed by atoms with Crippen LogP contribution in [0.5, 0.6) is 0 Å². The van der Waals surface area contributed by atoms with Gasteiger partial charge in [0.15, 0.2) is 0 Å². The summed E-state index contributed by atoms with van der Waals surface area (Å²) in [6.45, 7) is 2.45. The van der Waals surface area contributed by atoms with Crippen molar-refractivity contribution in [2.24, 2.45) is 0 Å². The van der Waals surface area contributed by atoms with Gasteiger partial charge >= 0.3 is 0 Å². The summed E-state index contributed by atoms with van der Waals surface area (Å²) in [7, 11) is 4.38. The van der Waals surface area contributed by atoms with Crippen molar-refractivity contribution < 1.29 is 14.4 Å². The molecule has 84 valence electrons. The summed E-state index contributed by atoms with van der Waals surface area (Å²) in [6.07, 6.45) is 5.90. The van der Waals surface area contributed by atoms with E-state index in [1.165, 1.54) is 6.42 Å². The van der Waals surface area contributed by atoms with Gasteiger partial charge in [0.1, 0.15) is 6.29 Å². The van der Waals surface area contributed by atoms with Gasteiger partial charge in [0, 0.05) is 19.4 Å². The zero-order chi connectivity index (χ0) is 10.9.